The Morgan fingerprint density at radius 3 is 2.48 bits per heavy atom. The van der Waals surface area contributed by atoms with Gasteiger partial charge < -0.3 is 19.4 Å². The van der Waals surface area contributed by atoms with Crippen molar-refractivity contribution >= 4 is 6.03 Å². The van der Waals surface area contributed by atoms with E-state index in [0.29, 0.717) is 37.9 Å². The van der Waals surface area contributed by atoms with Crippen LogP contribution in [0, 0.1) is 5.92 Å². The van der Waals surface area contributed by atoms with Crippen LogP contribution in [0.2, 0.25) is 0 Å². The summed E-state index contributed by atoms with van der Waals surface area (Å²) in [7, 11) is 0. The van der Waals surface area contributed by atoms with E-state index in [0.717, 1.165) is 25.9 Å². The lowest BCUT2D eigenvalue weighted by Crippen LogP contribution is -2.47. The summed E-state index contributed by atoms with van der Waals surface area (Å²) >= 11 is 0. The van der Waals surface area contributed by atoms with Gasteiger partial charge in [-0.2, -0.15) is 0 Å². The molecule has 1 aromatic carbocycles. The molecule has 0 atom stereocenters. The van der Waals surface area contributed by atoms with E-state index in [2.05, 4.69) is 34.5 Å². The quantitative estimate of drug-likeness (QED) is 0.768. The van der Waals surface area contributed by atoms with Crippen LogP contribution in [0.5, 0.6) is 5.75 Å². The van der Waals surface area contributed by atoms with Crippen LogP contribution in [-0.2, 0) is 19.6 Å². The number of likely N-dealkylation sites (tertiary alicyclic amines) is 1. The molecule has 1 fully saturated rings. The molecule has 1 saturated heterocycles. The number of fused-ring (bicyclic) bond motifs is 1. The molecule has 2 aliphatic heterocycles. The molecule has 166 valence electrons. The van der Waals surface area contributed by atoms with Gasteiger partial charge in [-0.15, -0.1) is 0 Å². The predicted octanol–water partition coefficient (Wildman–Crippen LogP) is 3.36. The van der Waals surface area contributed by atoms with Crippen molar-refractivity contribution in [3.05, 3.63) is 63.7 Å². The zero-order chi connectivity index (χ0) is 21.8. The van der Waals surface area contributed by atoms with Gasteiger partial charge in [0.2, 0.25) is 11.2 Å². The van der Waals surface area contributed by atoms with Crippen molar-refractivity contribution in [2.45, 2.75) is 52.4 Å². The summed E-state index contributed by atoms with van der Waals surface area (Å²) in [6.45, 7) is 8.12. The number of hydrogen-bond donors (Lipinski definition) is 1. The Labute approximate surface area is 183 Å². The van der Waals surface area contributed by atoms with E-state index in [1.54, 1.807) is 0 Å². The normalized spacial score (nSPS) is 17.1. The van der Waals surface area contributed by atoms with Crippen molar-refractivity contribution in [3.8, 4) is 5.75 Å². The molecule has 7 heteroatoms. The second-order valence-corrected chi connectivity index (χ2v) is 8.83. The standard InChI is InChI=1S/C24H31N3O4/c1-17(2)25-24(29)27-9-7-18(8-10-27)15-31-23-16-30-21(11-22(23)28)14-26-12-19-5-3-4-6-20(19)13-26/h3-6,11,16-18H,7-10,12-15H2,1-2H3,(H,25,29). The van der Waals surface area contributed by atoms with E-state index in [1.807, 2.05) is 18.7 Å². The summed E-state index contributed by atoms with van der Waals surface area (Å²) in [5.41, 5.74) is 2.52. The number of ether oxygens (including phenoxy) is 1. The van der Waals surface area contributed by atoms with Gasteiger partial charge in [0.05, 0.1) is 13.2 Å². The Kier molecular flexibility index (Phi) is 6.61. The molecule has 0 bridgehead atoms. The van der Waals surface area contributed by atoms with Crippen LogP contribution in [0.15, 0.2) is 45.8 Å². The molecule has 0 radical (unpaired) electrons. The number of carbonyl (C=O) groups is 1. The average Bonchev–Trinajstić information content (AvgIpc) is 3.15. The van der Waals surface area contributed by atoms with Crippen LogP contribution in [0.4, 0.5) is 4.79 Å². The highest BCUT2D eigenvalue weighted by atomic mass is 16.5. The molecular weight excluding hydrogens is 394 g/mol. The number of amides is 2. The van der Waals surface area contributed by atoms with Crippen LogP contribution < -0.4 is 15.5 Å². The van der Waals surface area contributed by atoms with Gasteiger partial charge in [-0.05, 0) is 43.7 Å². The van der Waals surface area contributed by atoms with Gasteiger partial charge in [0.15, 0.2) is 0 Å². The first kappa shape index (κ1) is 21.4. The maximum atomic E-state index is 12.5. The van der Waals surface area contributed by atoms with Gasteiger partial charge >= 0.3 is 6.03 Å². The largest absolute Gasteiger partial charge is 0.486 e. The SMILES string of the molecule is CC(C)NC(=O)N1CCC(COc2coc(CN3Cc4ccccc4C3)cc2=O)CC1. The van der Waals surface area contributed by atoms with Gasteiger partial charge in [0.1, 0.15) is 12.0 Å². The molecule has 0 unspecified atom stereocenters. The molecule has 1 N–H and O–H groups in total. The van der Waals surface area contributed by atoms with Crippen LogP contribution in [0.3, 0.4) is 0 Å². The van der Waals surface area contributed by atoms with E-state index in [9.17, 15) is 9.59 Å². The van der Waals surface area contributed by atoms with Gasteiger partial charge in [0.25, 0.3) is 0 Å². The first-order chi connectivity index (χ1) is 15.0. The molecule has 4 rings (SSSR count). The van der Waals surface area contributed by atoms with E-state index in [4.69, 9.17) is 9.15 Å². The molecule has 3 heterocycles. The summed E-state index contributed by atoms with van der Waals surface area (Å²) in [4.78, 5) is 28.7. The van der Waals surface area contributed by atoms with E-state index in [-0.39, 0.29) is 23.3 Å². The number of hydrogen-bond acceptors (Lipinski definition) is 5. The number of carbonyl (C=O) groups excluding carboxylic acids is 1. The van der Waals surface area contributed by atoms with E-state index in [1.165, 1.54) is 23.5 Å². The topological polar surface area (TPSA) is 75.0 Å². The van der Waals surface area contributed by atoms with Crippen LogP contribution >= 0.6 is 0 Å². The lowest BCUT2D eigenvalue weighted by molar-refractivity contribution is 0.142. The van der Waals surface area contributed by atoms with Crippen molar-refractivity contribution in [1.29, 1.82) is 0 Å². The predicted molar refractivity (Wildman–Crippen MR) is 118 cm³/mol. The fraction of sp³-hybridized carbons (Fsp3) is 0.500. The lowest BCUT2D eigenvalue weighted by atomic mass is 9.98. The third-order valence-electron chi connectivity index (χ3n) is 5.93. The number of nitrogens with one attached hydrogen (secondary N) is 1. The Bertz CT molecular complexity index is 938. The van der Waals surface area contributed by atoms with Gasteiger partial charge in [-0.3, -0.25) is 9.69 Å². The smallest absolute Gasteiger partial charge is 0.317 e. The molecule has 1 aromatic heterocycles. The molecule has 0 aliphatic carbocycles. The summed E-state index contributed by atoms with van der Waals surface area (Å²) < 4.78 is 11.5. The van der Waals surface area contributed by atoms with Crippen molar-refractivity contribution in [1.82, 2.24) is 15.1 Å². The van der Waals surface area contributed by atoms with Gasteiger partial charge in [-0.1, -0.05) is 24.3 Å². The number of rotatable bonds is 6. The van der Waals surface area contributed by atoms with E-state index < -0.39 is 0 Å². The molecule has 7 nitrogen and oxygen atoms in total. The Hall–Kier alpha value is -2.80. The molecule has 2 amide bonds. The minimum absolute atomic E-state index is 0.00769. The van der Waals surface area contributed by atoms with Crippen molar-refractivity contribution in [3.63, 3.8) is 0 Å². The monoisotopic (exact) mass is 425 g/mol. The Morgan fingerprint density at radius 1 is 1.19 bits per heavy atom. The van der Waals surface area contributed by atoms with Crippen LogP contribution in [0.25, 0.3) is 0 Å². The molecular formula is C24H31N3O4. The number of piperidine rings is 1. The minimum Gasteiger partial charge on any atom is -0.486 e. The molecule has 2 aliphatic rings. The zero-order valence-electron chi connectivity index (χ0n) is 18.3. The lowest BCUT2D eigenvalue weighted by Gasteiger charge is -2.32. The average molecular weight is 426 g/mol. The third kappa shape index (κ3) is 5.47. The highest BCUT2D eigenvalue weighted by molar-refractivity contribution is 5.74. The van der Waals surface area contributed by atoms with Crippen molar-refractivity contribution in [2.24, 2.45) is 5.92 Å². The zero-order valence-corrected chi connectivity index (χ0v) is 18.3. The fourth-order valence-corrected chi connectivity index (χ4v) is 4.21. The summed E-state index contributed by atoms with van der Waals surface area (Å²) in [5.74, 6) is 1.23. The van der Waals surface area contributed by atoms with E-state index >= 15 is 0 Å². The highest BCUT2D eigenvalue weighted by Crippen LogP contribution is 2.24. The minimum atomic E-state index is -0.147. The first-order valence-corrected chi connectivity index (χ1v) is 11.1. The van der Waals surface area contributed by atoms with Gasteiger partial charge in [0, 0.05) is 38.3 Å². The van der Waals surface area contributed by atoms with Crippen LogP contribution in [0.1, 0.15) is 43.6 Å². The Balaban J connectivity index is 1.24. The summed E-state index contributed by atoms with van der Waals surface area (Å²) in [6.07, 6.45) is 3.17. The maximum absolute atomic E-state index is 12.5. The summed E-state index contributed by atoms with van der Waals surface area (Å²) in [5, 5.41) is 2.93. The molecule has 0 saturated carbocycles. The van der Waals surface area contributed by atoms with Crippen molar-refractivity contribution < 1.29 is 13.9 Å². The van der Waals surface area contributed by atoms with Gasteiger partial charge in [-0.25, -0.2) is 4.79 Å². The second-order valence-electron chi connectivity index (χ2n) is 8.83. The molecule has 2 aromatic rings. The maximum Gasteiger partial charge on any atom is 0.317 e. The Morgan fingerprint density at radius 2 is 1.87 bits per heavy atom. The third-order valence-corrected chi connectivity index (χ3v) is 5.93. The molecule has 0 spiro atoms. The van der Waals surface area contributed by atoms with Crippen LogP contribution in [-0.4, -0.2) is 41.6 Å². The number of nitrogens with zero attached hydrogens (tertiary/aromatic N) is 2. The second kappa shape index (κ2) is 9.56. The number of benzene rings is 1. The fourth-order valence-electron chi connectivity index (χ4n) is 4.21. The highest BCUT2D eigenvalue weighted by Gasteiger charge is 2.24. The first-order valence-electron chi connectivity index (χ1n) is 11.1. The molecule has 31 heavy (non-hydrogen) atoms. The summed E-state index contributed by atoms with van der Waals surface area (Å²) in [6, 6.07) is 10.1. The number of urea groups is 1. The van der Waals surface area contributed by atoms with Crippen molar-refractivity contribution in [2.75, 3.05) is 19.7 Å².